The molecule has 5 nitrogen and oxygen atoms in total. The molecule has 84 valence electrons. The summed E-state index contributed by atoms with van der Waals surface area (Å²) >= 11 is 0. The normalized spacial score (nSPS) is 10.1. The molecule has 0 saturated heterocycles. The maximum Gasteiger partial charge on any atom is 0.180 e. The Morgan fingerprint density at radius 2 is 2.00 bits per heavy atom. The highest BCUT2D eigenvalue weighted by Crippen LogP contribution is 2.30. The van der Waals surface area contributed by atoms with E-state index in [-0.39, 0.29) is 13.4 Å². The SMILES string of the molecule is COc1cccc(COCOO)c1OC. The Morgan fingerprint density at radius 3 is 2.60 bits per heavy atom. The van der Waals surface area contributed by atoms with Crippen molar-refractivity contribution in [1.29, 1.82) is 0 Å². The van der Waals surface area contributed by atoms with E-state index in [9.17, 15) is 0 Å². The summed E-state index contributed by atoms with van der Waals surface area (Å²) in [5, 5.41) is 8.09. The second-order valence-electron chi connectivity index (χ2n) is 2.75. The van der Waals surface area contributed by atoms with Crippen molar-refractivity contribution in [1.82, 2.24) is 0 Å². The molecular formula is C10H14O5. The van der Waals surface area contributed by atoms with Crippen molar-refractivity contribution >= 4 is 0 Å². The number of ether oxygens (including phenoxy) is 3. The predicted molar refractivity (Wildman–Crippen MR) is 52.9 cm³/mol. The van der Waals surface area contributed by atoms with E-state index in [1.807, 2.05) is 12.1 Å². The zero-order chi connectivity index (χ0) is 11.1. The van der Waals surface area contributed by atoms with Crippen LogP contribution in [0.5, 0.6) is 11.5 Å². The molecular weight excluding hydrogens is 200 g/mol. The second kappa shape index (κ2) is 6.23. The summed E-state index contributed by atoms with van der Waals surface area (Å²) in [5.74, 6) is 1.27. The fraction of sp³-hybridized carbons (Fsp3) is 0.400. The molecule has 0 amide bonds. The molecule has 0 unspecified atom stereocenters. The Bertz CT molecular complexity index is 300. The smallest absolute Gasteiger partial charge is 0.180 e. The third kappa shape index (κ3) is 3.09. The van der Waals surface area contributed by atoms with Crippen molar-refractivity contribution in [2.24, 2.45) is 0 Å². The number of para-hydroxylation sites is 1. The molecule has 1 rings (SSSR count). The number of hydrogen-bond donors (Lipinski definition) is 1. The van der Waals surface area contributed by atoms with E-state index in [1.54, 1.807) is 20.3 Å². The Kier molecular flexibility index (Phi) is 4.89. The fourth-order valence-corrected chi connectivity index (χ4v) is 1.26. The molecule has 15 heavy (non-hydrogen) atoms. The fourth-order valence-electron chi connectivity index (χ4n) is 1.26. The number of rotatable bonds is 6. The van der Waals surface area contributed by atoms with Gasteiger partial charge >= 0.3 is 0 Å². The maximum absolute atomic E-state index is 8.09. The van der Waals surface area contributed by atoms with Crippen molar-refractivity contribution < 1.29 is 24.4 Å². The summed E-state index contributed by atoms with van der Waals surface area (Å²) in [5.41, 5.74) is 0.828. The summed E-state index contributed by atoms with van der Waals surface area (Å²) in [6, 6.07) is 5.48. The largest absolute Gasteiger partial charge is 0.493 e. The summed E-state index contributed by atoms with van der Waals surface area (Å²) in [7, 11) is 3.13. The van der Waals surface area contributed by atoms with Gasteiger partial charge in [-0.05, 0) is 6.07 Å². The highest BCUT2D eigenvalue weighted by atomic mass is 17.1. The Labute approximate surface area is 88.1 Å². The second-order valence-corrected chi connectivity index (χ2v) is 2.75. The molecule has 0 aromatic heterocycles. The van der Waals surface area contributed by atoms with Crippen LogP contribution in [-0.4, -0.2) is 26.3 Å². The molecule has 0 bridgehead atoms. The highest BCUT2D eigenvalue weighted by Gasteiger charge is 2.08. The molecule has 0 atom stereocenters. The molecule has 1 aromatic rings. The molecule has 0 aliphatic rings. The first-order valence-electron chi connectivity index (χ1n) is 4.37. The molecule has 1 N–H and O–H groups in total. The monoisotopic (exact) mass is 214 g/mol. The lowest BCUT2D eigenvalue weighted by Crippen LogP contribution is -2.00. The van der Waals surface area contributed by atoms with Gasteiger partial charge in [0.1, 0.15) is 0 Å². The van der Waals surface area contributed by atoms with Gasteiger partial charge < -0.3 is 14.2 Å². The van der Waals surface area contributed by atoms with Crippen LogP contribution in [0.4, 0.5) is 0 Å². The molecule has 0 saturated carbocycles. The van der Waals surface area contributed by atoms with E-state index in [4.69, 9.17) is 19.5 Å². The Morgan fingerprint density at radius 1 is 1.20 bits per heavy atom. The number of hydrogen-bond acceptors (Lipinski definition) is 5. The molecule has 0 fully saturated rings. The van der Waals surface area contributed by atoms with Crippen molar-refractivity contribution in [2.75, 3.05) is 21.0 Å². The number of benzene rings is 1. The summed E-state index contributed by atoms with van der Waals surface area (Å²) in [6.07, 6.45) is 0. The van der Waals surface area contributed by atoms with Crippen LogP contribution >= 0.6 is 0 Å². The van der Waals surface area contributed by atoms with Crippen molar-refractivity contribution in [2.45, 2.75) is 6.61 Å². The highest BCUT2D eigenvalue weighted by molar-refractivity contribution is 5.46. The lowest BCUT2D eigenvalue weighted by molar-refractivity contribution is -0.298. The topological polar surface area (TPSA) is 57.2 Å². The Balaban J connectivity index is 2.76. The quantitative estimate of drug-likeness (QED) is 0.338. The van der Waals surface area contributed by atoms with Gasteiger partial charge in [-0.2, -0.15) is 0 Å². The average Bonchev–Trinajstić information content (AvgIpc) is 2.29. The van der Waals surface area contributed by atoms with Gasteiger partial charge in [0, 0.05) is 5.56 Å². The van der Waals surface area contributed by atoms with Gasteiger partial charge in [-0.1, -0.05) is 12.1 Å². The van der Waals surface area contributed by atoms with E-state index < -0.39 is 0 Å². The van der Waals surface area contributed by atoms with Crippen molar-refractivity contribution in [3.05, 3.63) is 23.8 Å². The van der Waals surface area contributed by atoms with E-state index in [0.29, 0.717) is 11.5 Å². The van der Waals surface area contributed by atoms with Crippen LogP contribution in [0.15, 0.2) is 18.2 Å². The van der Waals surface area contributed by atoms with Crippen LogP contribution in [0.25, 0.3) is 0 Å². The third-order valence-electron chi connectivity index (χ3n) is 1.88. The molecule has 0 heterocycles. The van der Waals surface area contributed by atoms with Crippen LogP contribution in [-0.2, 0) is 16.2 Å². The minimum atomic E-state index is -0.180. The van der Waals surface area contributed by atoms with Gasteiger partial charge in [0.2, 0.25) is 0 Å². The predicted octanol–water partition coefficient (Wildman–Crippen LogP) is 1.67. The van der Waals surface area contributed by atoms with Gasteiger partial charge in [0.05, 0.1) is 20.8 Å². The molecule has 0 aliphatic heterocycles. The van der Waals surface area contributed by atoms with Gasteiger partial charge in [0.25, 0.3) is 0 Å². The van der Waals surface area contributed by atoms with Crippen LogP contribution in [0.1, 0.15) is 5.56 Å². The van der Waals surface area contributed by atoms with Crippen molar-refractivity contribution in [3.8, 4) is 11.5 Å². The molecule has 0 radical (unpaired) electrons. The molecule has 1 aromatic carbocycles. The van der Waals surface area contributed by atoms with Gasteiger partial charge in [-0.15, -0.1) is 0 Å². The maximum atomic E-state index is 8.09. The Hall–Kier alpha value is -1.30. The first-order valence-corrected chi connectivity index (χ1v) is 4.37. The standard InChI is InChI=1S/C10H14O5/c1-12-9-5-3-4-8(10(9)13-2)6-14-7-15-11/h3-5,11H,6-7H2,1-2H3. The van der Waals surface area contributed by atoms with Gasteiger partial charge in [-0.25, -0.2) is 10.1 Å². The van der Waals surface area contributed by atoms with E-state index >= 15 is 0 Å². The van der Waals surface area contributed by atoms with E-state index in [0.717, 1.165) is 5.56 Å². The summed E-state index contributed by atoms with van der Waals surface area (Å²) < 4.78 is 15.3. The summed E-state index contributed by atoms with van der Waals surface area (Å²) in [4.78, 5) is 3.80. The van der Waals surface area contributed by atoms with E-state index in [1.165, 1.54) is 0 Å². The minimum absolute atomic E-state index is 0.180. The lowest BCUT2D eigenvalue weighted by Gasteiger charge is -2.12. The zero-order valence-electron chi connectivity index (χ0n) is 8.73. The van der Waals surface area contributed by atoms with Crippen LogP contribution < -0.4 is 9.47 Å². The van der Waals surface area contributed by atoms with Crippen molar-refractivity contribution in [3.63, 3.8) is 0 Å². The lowest BCUT2D eigenvalue weighted by atomic mass is 10.2. The van der Waals surface area contributed by atoms with E-state index in [2.05, 4.69) is 4.89 Å². The molecule has 0 spiro atoms. The molecule has 0 aliphatic carbocycles. The van der Waals surface area contributed by atoms with Gasteiger partial charge in [0.15, 0.2) is 18.3 Å². The zero-order valence-corrected chi connectivity index (χ0v) is 8.73. The minimum Gasteiger partial charge on any atom is -0.493 e. The molecule has 5 heteroatoms. The average molecular weight is 214 g/mol. The summed E-state index contributed by atoms with van der Waals surface area (Å²) in [6.45, 7) is 0.0985. The van der Waals surface area contributed by atoms with Crippen LogP contribution in [0.2, 0.25) is 0 Å². The third-order valence-corrected chi connectivity index (χ3v) is 1.88. The van der Waals surface area contributed by atoms with Gasteiger partial charge in [-0.3, -0.25) is 0 Å². The first kappa shape index (κ1) is 11.8. The first-order chi connectivity index (χ1) is 7.33. The van der Waals surface area contributed by atoms with Crippen LogP contribution in [0.3, 0.4) is 0 Å². The number of methoxy groups -OCH3 is 2. The van der Waals surface area contributed by atoms with Crippen LogP contribution in [0, 0.1) is 0 Å².